The van der Waals surface area contributed by atoms with Gasteiger partial charge < -0.3 is 5.11 Å². The molecule has 0 bridgehead atoms. The van der Waals surface area contributed by atoms with Gasteiger partial charge in [0, 0.05) is 6.26 Å². The molecule has 2 aromatic rings. The van der Waals surface area contributed by atoms with Crippen molar-refractivity contribution in [2.45, 2.75) is 9.77 Å². The number of alkyl halides is 2. The van der Waals surface area contributed by atoms with Gasteiger partial charge in [0.05, 0.1) is 0 Å². The summed E-state index contributed by atoms with van der Waals surface area (Å²) in [5.74, 6) is 0. The number of aliphatic hydroxyl groups is 1. The van der Waals surface area contributed by atoms with E-state index in [1.165, 1.54) is 0 Å². The molecule has 0 saturated carbocycles. The summed E-state index contributed by atoms with van der Waals surface area (Å²) in [7, 11) is -3.83. The van der Waals surface area contributed by atoms with E-state index in [9.17, 15) is 13.5 Å². The molecule has 0 aliphatic heterocycles. The molecule has 0 heterocycles. The third-order valence-corrected chi connectivity index (χ3v) is 6.45. The third kappa shape index (κ3) is 3.40. The van der Waals surface area contributed by atoms with Crippen LogP contribution in [-0.4, -0.2) is 23.4 Å². The van der Waals surface area contributed by atoms with E-state index in [2.05, 4.69) is 0 Å². The Morgan fingerprint density at radius 2 is 1.43 bits per heavy atom. The molecule has 0 aliphatic carbocycles. The Balaban J connectivity index is 2.32. The first kappa shape index (κ1) is 16.3. The lowest BCUT2D eigenvalue weighted by molar-refractivity contribution is 0.181. The fourth-order valence-corrected chi connectivity index (χ4v) is 2.68. The minimum Gasteiger partial charge on any atom is -0.384 e. The van der Waals surface area contributed by atoms with Crippen molar-refractivity contribution in [2.75, 3.05) is 6.26 Å². The second-order valence-corrected chi connectivity index (χ2v) is 8.75. The highest BCUT2D eigenvalue weighted by Crippen LogP contribution is 2.40. The number of aliphatic hydroxyl groups excluding tert-OH is 1. The molecule has 21 heavy (non-hydrogen) atoms. The number of benzene rings is 2. The van der Waals surface area contributed by atoms with E-state index >= 15 is 0 Å². The molecule has 0 aliphatic rings. The molecular formula is C15H14Cl2O3S. The minimum absolute atomic E-state index is 0.338. The van der Waals surface area contributed by atoms with E-state index < -0.39 is 19.6 Å². The van der Waals surface area contributed by atoms with Crippen LogP contribution in [0.2, 0.25) is 0 Å². The molecule has 0 spiro atoms. The van der Waals surface area contributed by atoms with E-state index in [1.807, 2.05) is 30.3 Å². The normalized spacial score (nSPS) is 13.9. The summed E-state index contributed by atoms with van der Waals surface area (Å²) in [6.07, 6.45) is -0.644. The topological polar surface area (TPSA) is 54.4 Å². The second kappa shape index (κ2) is 5.97. The van der Waals surface area contributed by atoms with Gasteiger partial charge >= 0.3 is 0 Å². The van der Waals surface area contributed by atoms with E-state index in [4.69, 9.17) is 23.2 Å². The van der Waals surface area contributed by atoms with E-state index in [-0.39, 0.29) is 0 Å². The lowest BCUT2D eigenvalue weighted by Gasteiger charge is -2.24. The molecule has 1 atom stereocenters. The zero-order chi connectivity index (χ0) is 15.7. The lowest BCUT2D eigenvalue weighted by Crippen LogP contribution is -2.32. The highest BCUT2D eigenvalue weighted by Gasteiger charge is 2.44. The van der Waals surface area contributed by atoms with E-state index in [0.717, 1.165) is 17.4 Å². The predicted octanol–water partition coefficient (Wildman–Crippen LogP) is 3.56. The maximum Gasteiger partial charge on any atom is 0.247 e. The number of hydrogen-bond donors (Lipinski definition) is 1. The number of sulfone groups is 1. The molecule has 0 saturated heterocycles. The quantitative estimate of drug-likeness (QED) is 0.862. The van der Waals surface area contributed by atoms with Crippen molar-refractivity contribution in [1.29, 1.82) is 0 Å². The monoisotopic (exact) mass is 344 g/mol. The molecule has 1 unspecified atom stereocenters. The van der Waals surface area contributed by atoms with Crippen molar-refractivity contribution in [3.63, 3.8) is 0 Å². The van der Waals surface area contributed by atoms with Crippen molar-refractivity contribution < 1.29 is 13.5 Å². The molecule has 3 nitrogen and oxygen atoms in total. The van der Waals surface area contributed by atoms with Gasteiger partial charge in [-0.2, -0.15) is 0 Å². The Morgan fingerprint density at radius 3 is 1.90 bits per heavy atom. The van der Waals surface area contributed by atoms with Crippen LogP contribution in [0.25, 0.3) is 11.1 Å². The lowest BCUT2D eigenvalue weighted by atomic mass is 10.0. The summed E-state index contributed by atoms with van der Waals surface area (Å²) in [6.45, 7) is 0. The molecule has 0 aromatic heterocycles. The third-order valence-electron chi connectivity index (χ3n) is 3.15. The highest BCUT2D eigenvalue weighted by molar-refractivity contribution is 7.94. The summed E-state index contributed by atoms with van der Waals surface area (Å²) < 4.78 is 20.8. The van der Waals surface area contributed by atoms with Gasteiger partial charge in [0.1, 0.15) is 6.10 Å². The maximum atomic E-state index is 11.5. The van der Waals surface area contributed by atoms with Crippen LogP contribution < -0.4 is 0 Å². The van der Waals surface area contributed by atoms with Crippen LogP contribution in [0.4, 0.5) is 0 Å². The Kier molecular flexibility index (Phi) is 4.63. The van der Waals surface area contributed by atoms with Gasteiger partial charge in [-0.15, -0.1) is 0 Å². The first-order valence-corrected chi connectivity index (χ1v) is 8.79. The van der Waals surface area contributed by atoms with Crippen LogP contribution in [0.1, 0.15) is 11.7 Å². The molecular weight excluding hydrogens is 331 g/mol. The zero-order valence-electron chi connectivity index (χ0n) is 11.2. The molecule has 0 radical (unpaired) electrons. The largest absolute Gasteiger partial charge is 0.384 e. The van der Waals surface area contributed by atoms with Crippen LogP contribution in [0.15, 0.2) is 54.6 Å². The van der Waals surface area contributed by atoms with E-state index in [1.54, 1.807) is 24.3 Å². The van der Waals surface area contributed by atoms with Crippen molar-refractivity contribution in [1.82, 2.24) is 0 Å². The predicted molar refractivity (Wildman–Crippen MR) is 86.1 cm³/mol. The standard InChI is InChI=1S/C15H14Cl2O3S/c1-21(19,20)15(16,17)14(18)13-9-7-12(8-10-13)11-5-3-2-4-6-11/h2-10,14,18H,1H3. The smallest absolute Gasteiger partial charge is 0.247 e. The number of rotatable bonds is 4. The molecule has 0 fully saturated rings. The first-order valence-electron chi connectivity index (χ1n) is 6.14. The van der Waals surface area contributed by atoms with Crippen LogP contribution in [0.3, 0.4) is 0 Å². The molecule has 2 aromatic carbocycles. The molecule has 6 heteroatoms. The molecule has 112 valence electrons. The summed E-state index contributed by atoms with van der Waals surface area (Å²) in [5.41, 5.74) is 2.30. The fourth-order valence-electron chi connectivity index (χ4n) is 1.89. The summed E-state index contributed by atoms with van der Waals surface area (Å²) in [4.78, 5) is 0. The maximum absolute atomic E-state index is 11.5. The molecule has 2 rings (SSSR count). The average molecular weight is 345 g/mol. The molecule has 1 N–H and O–H groups in total. The van der Waals surface area contributed by atoms with Gasteiger partial charge in [0.25, 0.3) is 0 Å². The number of halogens is 2. The van der Waals surface area contributed by atoms with Gasteiger partial charge in [0.2, 0.25) is 3.67 Å². The van der Waals surface area contributed by atoms with E-state index in [0.29, 0.717) is 5.56 Å². The van der Waals surface area contributed by atoms with Crippen molar-refractivity contribution >= 4 is 33.0 Å². The van der Waals surface area contributed by atoms with Gasteiger partial charge in [-0.3, -0.25) is 0 Å². The van der Waals surface area contributed by atoms with Crippen LogP contribution in [-0.2, 0) is 9.84 Å². The van der Waals surface area contributed by atoms with Gasteiger partial charge in [-0.25, -0.2) is 8.42 Å². The highest BCUT2D eigenvalue weighted by atomic mass is 35.5. The van der Waals surface area contributed by atoms with Gasteiger partial charge in [0.15, 0.2) is 9.84 Å². The van der Waals surface area contributed by atoms with Crippen LogP contribution >= 0.6 is 23.2 Å². The summed E-state index contributed by atoms with van der Waals surface area (Å²) in [5, 5.41) is 10.1. The zero-order valence-corrected chi connectivity index (χ0v) is 13.5. The molecule has 0 amide bonds. The van der Waals surface area contributed by atoms with Gasteiger partial charge in [-0.05, 0) is 16.7 Å². The fraction of sp³-hybridized carbons (Fsp3) is 0.200. The first-order chi connectivity index (χ1) is 9.73. The van der Waals surface area contributed by atoms with Crippen molar-refractivity contribution in [3.05, 3.63) is 60.2 Å². The minimum atomic E-state index is -3.83. The average Bonchev–Trinajstić information content (AvgIpc) is 2.46. The summed E-state index contributed by atoms with van der Waals surface area (Å²) >= 11 is 11.6. The van der Waals surface area contributed by atoms with Crippen LogP contribution in [0.5, 0.6) is 0 Å². The summed E-state index contributed by atoms with van der Waals surface area (Å²) in [6, 6.07) is 16.4. The second-order valence-electron chi connectivity index (χ2n) is 4.72. The Labute approximate surface area is 134 Å². The SMILES string of the molecule is CS(=O)(=O)C(Cl)(Cl)C(O)c1ccc(-c2ccccc2)cc1. The Hall–Kier alpha value is -1.07. The van der Waals surface area contributed by atoms with Crippen molar-refractivity contribution in [3.8, 4) is 11.1 Å². The Bertz CT molecular complexity index is 710. The Morgan fingerprint density at radius 1 is 0.952 bits per heavy atom. The van der Waals surface area contributed by atoms with Crippen LogP contribution in [0, 0.1) is 0 Å². The number of hydrogen-bond acceptors (Lipinski definition) is 3. The van der Waals surface area contributed by atoms with Gasteiger partial charge in [-0.1, -0.05) is 77.8 Å². The van der Waals surface area contributed by atoms with Crippen molar-refractivity contribution in [2.24, 2.45) is 0 Å².